The lowest BCUT2D eigenvalue weighted by Crippen LogP contribution is -2.13. The summed E-state index contributed by atoms with van der Waals surface area (Å²) in [7, 11) is 0. The first-order valence-electron chi connectivity index (χ1n) is 8.03. The molecule has 1 N–H and O–H groups in total. The Morgan fingerprint density at radius 1 is 1.16 bits per heavy atom. The number of ether oxygens (including phenoxy) is 1. The van der Waals surface area contributed by atoms with E-state index in [1.54, 1.807) is 24.8 Å². The molecular weight excluding hydrogens is 334 g/mol. The lowest BCUT2D eigenvalue weighted by molar-refractivity contribution is -0.137. The van der Waals surface area contributed by atoms with E-state index in [4.69, 9.17) is 4.74 Å². The fourth-order valence-electron chi connectivity index (χ4n) is 2.17. The van der Waals surface area contributed by atoms with Gasteiger partial charge in [-0.15, -0.1) is 11.8 Å². The van der Waals surface area contributed by atoms with Crippen molar-refractivity contribution < 1.29 is 14.3 Å². The summed E-state index contributed by atoms with van der Waals surface area (Å²) in [4.78, 5) is 24.6. The molecular formula is C20H21NO3S. The minimum absolute atomic E-state index is 0.123. The number of thioether (sulfide) groups is 1. The number of amides is 1. The molecule has 5 heteroatoms. The summed E-state index contributed by atoms with van der Waals surface area (Å²) in [5.41, 5.74) is 2.35. The van der Waals surface area contributed by atoms with E-state index in [0.29, 0.717) is 17.9 Å². The van der Waals surface area contributed by atoms with Crippen molar-refractivity contribution in [3.63, 3.8) is 0 Å². The Balaban J connectivity index is 1.94. The molecule has 0 atom stereocenters. The number of anilines is 1. The maximum atomic E-state index is 12.4. The van der Waals surface area contributed by atoms with E-state index in [9.17, 15) is 9.59 Å². The predicted molar refractivity (Wildman–Crippen MR) is 102 cm³/mol. The molecule has 0 fully saturated rings. The number of carbonyl (C=O) groups excluding carboxylic acids is 2. The Hall–Kier alpha value is -2.53. The van der Waals surface area contributed by atoms with Gasteiger partial charge in [-0.1, -0.05) is 30.3 Å². The highest BCUT2D eigenvalue weighted by atomic mass is 32.2. The summed E-state index contributed by atoms with van der Waals surface area (Å²) in [6, 6.07) is 15.1. The van der Waals surface area contributed by atoms with Crippen molar-refractivity contribution in [2.75, 3.05) is 17.7 Å². The third kappa shape index (κ3) is 6.12. The van der Waals surface area contributed by atoms with Crippen molar-refractivity contribution in [2.24, 2.45) is 0 Å². The number of hydrogen-bond donors (Lipinski definition) is 1. The fourth-order valence-corrected chi connectivity index (χ4v) is 2.94. The first-order valence-corrected chi connectivity index (χ1v) is 9.02. The van der Waals surface area contributed by atoms with E-state index in [1.165, 1.54) is 6.08 Å². The second-order valence-electron chi connectivity index (χ2n) is 5.26. The topological polar surface area (TPSA) is 55.4 Å². The zero-order chi connectivity index (χ0) is 18.1. The van der Waals surface area contributed by atoms with Crippen LogP contribution in [0, 0.1) is 6.92 Å². The van der Waals surface area contributed by atoms with Crippen LogP contribution < -0.4 is 5.32 Å². The summed E-state index contributed by atoms with van der Waals surface area (Å²) >= 11 is 1.57. The number of hydrogen-bond acceptors (Lipinski definition) is 4. The Kier molecular flexibility index (Phi) is 7.29. The van der Waals surface area contributed by atoms with E-state index in [2.05, 4.69) is 5.32 Å². The zero-order valence-corrected chi connectivity index (χ0v) is 15.1. The number of esters is 1. The van der Waals surface area contributed by atoms with Gasteiger partial charge in [-0.2, -0.15) is 0 Å². The molecule has 0 unspecified atom stereocenters. The van der Waals surface area contributed by atoms with Crippen molar-refractivity contribution >= 4 is 29.3 Å². The number of aryl methyl sites for hydroxylation is 1. The molecule has 0 saturated heterocycles. The predicted octanol–water partition coefficient (Wildman–Crippen LogP) is 4.46. The molecule has 0 aliphatic rings. The van der Waals surface area contributed by atoms with Gasteiger partial charge in [-0.25, -0.2) is 4.79 Å². The molecule has 0 aromatic heterocycles. The summed E-state index contributed by atoms with van der Waals surface area (Å²) in [5, 5.41) is 2.92. The summed E-state index contributed by atoms with van der Waals surface area (Å²) < 4.78 is 4.83. The SMILES string of the molecule is CCOC(=O)/C=C/CSc1cccc(NC(=O)c2ccccc2C)c1. The van der Waals surface area contributed by atoms with Crippen molar-refractivity contribution in [2.45, 2.75) is 18.7 Å². The summed E-state index contributed by atoms with van der Waals surface area (Å²) in [6.07, 6.45) is 3.20. The molecule has 0 radical (unpaired) electrons. The molecule has 2 aromatic rings. The van der Waals surface area contributed by atoms with E-state index in [1.807, 2.05) is 55.5 Å². The molecule has 0 aliphatic heterocycles. The summed E-state index contributed by atoms with van der Waals surface area (Å²) in [6.45, 7) is 4.06. The minimum atomic E-state index is -0.331. The van der Waals surface area contributed by atoms with Crippen molar-refractivity contribution in [1.29, 1.82) is 0 Å². The first-order chi connectivity index (χ1) is 12.1. The number of benzene rings is 2. The van der Waals surface area contributed by atoms with Gasteiger partial charge >= 0.3 is 5.97 Å². The largest absolute Gasteiger partial charge is 0.463 e. The van der Waals surface area contributed by atoms with E-state index < -0.39 is 0 Å². The van der Waals surface area contributed by atoms with Crippen LogP contribution in [0.5, 0.6) is 0 Å². The smallest absolute Gasteiger partial charge is 0.330 e. The van der Waals surface area contributed by atoms with Gasteiger partial charge < -0.3 is 10.1 Å². The van der Waals surface area contributed by atoms with Crippen LogP contribution >= 0.6 is 11.8 Å². The highest BCUT2D eigenvalue weighted by molar-refractivity contribution is 7.99. The fraction of sp³-hybridized carbons (Fsp3) is 0.200. The monoisotopic (exact) mass is 355 g/mol. The first kappa shape index (κ1) is 18.8. The van der Waals surface area contributed by atoms with Crippen molar-refractivity contribution in [3.8, 4) is 0 Å². The number of rotatable bonds is 7. The Labute approximate surface area is 152 Å². The molecule has 2 rings (SSSR count). The van der Waals surface area contributed by atoms with E-state index >= 15 is 0 Å². The molecule has 2 aromatic carbocycles. The highest BCUT2D eigenvalue weighted by Gasteiger charge is 2.08. The maximum absolute atomic E-state index is 12.4. The molecule has 0 aliphatic carbocycles. The van der Waals surface area contributed by atoms with Crippen LogP contribution in [0.4, 0.5) is 5.69 Å². The van der Waals surface area contributed by atoms with Gasteiger partial charge in [-0.3, -0.25) is 4.79 Å². The molecule has 0 heterocycles. The van der Waals surface area contributed by atoms with Gasteiger partial charge in [-0.05, 0) is 43.7 Å². The lowest BCUT2D eigenvalue weighted by atomic mass is 10.1. The average Bonchev–Trinajstić information content (AvgIpc) is 2.60. The van der Waals surface area contributed by atoms with E-state index in [0.717, 1.165) is 16.1 Å². The maximum Gasteiger partial charge on any atom is 0.330 e. The van der Waals surface area contributed by atoms with Crippen LogP contribution in [0.15, 0.2) is 65.6 Å². The minimum Gasteiger partial charge on any atom is -0.463 e. The standard InChI is InChI=1S/C20H21NO3S/c1-3-24-19(22)12-7-13-25-17-10-6-9-16(14-17)21-20(23)18-11-5-4-8-15(18)2/h4-12,14H,3,13H2,1-2H3,(H,21,23)/b12-7+. The van der Waals surface area contributed by atoms with E-state index in [-0.39, 0.29) is 11.9 Å². The highest BCUT2D eigenvalue weighted by Crippen LogP contribution is 2.22. The van der Waals surface area contributed by atoms with Crippen LogP contribution in [0.1, 0.15) is 22.8 Å². The van der Waals surface area contributed by atoms with Gasteiger partial charge in [0, 0.05) is 28.0 Å². The Morgan fingerprint density at radius 3 is 2.72 bits per heavy atom. The van der Waals surface area contributed by atoms with Crippen LogP contribution in [0.25, 0.3) is 0 Å². The van der Waals surface area contributed by atoms with Crippen LogP contribution in [0.2, 0.25) is 0 Å². The van der Waals surface area contributed by atoms with Crippen LogP contribution in [-0.4, -0.2) is 24.2 Å². The number of nitrogens with one attached hydrogen (secondary N) is 1. The summed E-state index contributed by atoms with van der Waals surface area (Å²) in [5.74, 6) is 0.193. The van der Waals surface area contributed by atoms with Crippen molar-refractivity contribution in [3.05, 3.63) is 71.8 Å². The zero-order valence-electron chi connectivity index (χ0n) is 14.3. The Bertz CT molecular complexity index is 771. The van der Waals surface area contributed by atoms with Gasteiger partial charge in [0.15, 0.2) is 0 Å². The second-order valence-corrected chi connectivity index (χ2v) is 6.36. The lowest BCUT2D eigenvalue weighted by Gasteiger charge is -2.08. The molecule has 4 nitrogen and oxygen atoms in total. The number of carbonyl (C=O) groups is 2. The molecule has 0 saturated carbocycles. The van der Waals surface area contributed by atoms with Crippen molar-refractivity contribution in [1.82, 2.24) is 0 Å². The molecule has 130 valence electrons. The quantitative estimate of drug-likeness (QED) is 0.453. The van der Waals surface area contributed by atoms with Crippen LogP contribution in [0.3, 0.4) is 0 Å². The van der Waals surface area contributed by atoms with Gasteiger partial charge in [0.25, 0.3) is 5.91 Å². The normalized spacial score (nSPS) is 10.6. The van der Waals surface area contributed by atoms with Gasteiger partial charge in [0.2, 0.25) is 0 Å². The molecule has 25 heavy (non-hydrogen) atoms. The molecule has 1 amide bonds. The van der Waals surface area contributed by atoms with Gasteiger partial charge in [0.1, 0.15) is 0 Å². The second kappa shape index (κ2) is 9.69. The molecule has 0 bridgehead atoms. The Morgan fingerprint density at radius 2 is 1.96 bits per heavy atom. The average molecular weight is 355 g/mol. The third-order valence-electron chi connectivity index (χ3n) is 3.37. The van der Waals surface area contributed by atoms with Gasteiger partial charge in [0.05, 0.1) is 6.61 Å². The molecule has 0 spiro atoms. The third-order valence-corrected chi connectivity index (χ3v) is 4.31. The van der Waals surface area contributed by atoms with Crippen LogP contribution in [-0.2, 0) is 9.53 Å².